The lowest BCUT2D eigenvalue weighted by atomic mass is 10.1. The van der Waals surface area contributed by atoms with Crippen molar-refractivity contribution < 1.29 is 17.6 Å². The highest BCUT2D eigenvalue weighted by atomic mass is 79.9. The number of likely N-dealkylation sites (tertiary alicyclic amines) is 1. The van der Waals surface area contributed by atoms with Gasteiger partial charge in [0.25, 0.3) is 5.91 Å². The smallest absolute Gasteiger partial charge is 0.253 e. The Bertz CT molecular complexity index is 792. The normalized spacial score (nSPS) is 16.3. The van der Waals surface area contributed by atoms with Crippen LogP contribution in [0.25, 0.3) is 0 Å². The molecule has 24 heavy (non-hydrogen) atoms. The van der Waals surface area contributed by atoms with Gasteiger partial charge in [0.15, 0.2) is 9.84 Å². The van der Waals surface area contributed by atoms with Gasteiger partial charge >= 0.3 is 0 Å². The number of hydrogen-bond donors (Lipinski definition) is 0. The Kier molecular flexibility index (Phi) is 5.10. The van der Waals surface area contributed by atoms with Crippen molar-refractivity contribution in [1.82, 2.24) is 4.90 Å². The molecule has 0 spiro atoms. The van der Waals surface area contributed by atoms with E-state index in [1.807, 2.05) is 12.1 Å². The van der Waals surface area contributed by atoms with E-state index in [0.29, 0.717) is 37.3 Å². The number of rotatable bonds is 4. The van der Waals surface area contributed by atoms with Gasteiger partial charge in [0.1, 0.15) is 11.5 Å². The lowest BCUT2D eigenvalue weighted by Gasteiger charge is -2.31. The number of carbonyl (C=O) groups excluding carboxylic acids is 1. The Morgan fingerprint density at radius 1 is 1.17 bits per heavy atom. The fourth-order valence-corrected chi connectivity index (χ4v) is 4.89. The lowest BCUT2D eigenvalue weighted by Crippen LogP contribution is -2.42. The molecule has 0 aliphatic carbocycles. The van der Waals surface area contributed by atoms with Gasteiger partial charge in [0.05, 0.1) is 11.5 Å². The Morgan fingerprint density at radius 3 is 2.42 bits per heavy atom. The summed E-state index contributed by atoms with van der Waals surface area (Å²) in [5.41, 5.74) is 0.620. The van der Waals surface area contributed by atoms with Gasteiger partial charge in [-0.25, -0.2) is 8.42 Å². The number of carbonyl (C=O) groups is 1. The molecule has 1 saturated heterocycles. The quantitative estimate of drug-likeness (QED) is 0.773. The molecule has 1 aliphatic rings. The van der Waals surface area contributed by atoms with E-state index >= 15 is 0 Å². The Morgan fingerprint density at radius 2 is 1.83 bits per heavy atom. The molecule has 0 radical (unpaired) electrons. The van der Waals surface area contributed by atoms with Crippen LogP contribution in [0.3, 0.4) is 0 Å². The molecule has 5 nitrogen and oxygen atoms in total. The predicted molar refractivity (Wildman–Crippen MR) is 94.4 cm³/mol. The molecule has 2 aromatic rings. The second-order valence-corrected chi connectivity index (χ2v) is 9.08. The SMILES string of the molecule is O=C(c1ccc(Br)cc1)N1CCC(S(=O)(=O)Cc2ccco2)CC1. The van der Waals surface area contributed by atoms with Gasteiger partial charge in [0, 0.05) is 23.1 Å². The lowest BCUT2D eigenvalue weighted by molar-refractivity contribution is 0.0725. The zero-order valence-electron chi connectivity index (χ0n) is 13.0. The summed E-state index contributed by atoms with van der Waals surface area (Å²) in [4.78, 5) is 14.2. The van der Waals surface area contributed by atoms with Crippen LogP contribution in [0.4, 0.5) is 0 Å². The summed E-state index contributed by atoms with van der Waals surface area (Å²) in [5, 5.41) is -0.420. The number of furan rings is 1. The molecule has 0 unspecified atom stereocenters. The van der Waals surface area contributed by atoms with Gasteiger partial charge in [-0.1, -0.05) is 15.9 Å². The maximum atomic E-state index is 12.5. The van der Waals surface area contributed by atoms with Crippen LogP contribution in [0.15, 0.2) is 51.6 Å². The number of hydrogen-bond acceptors (Lipinski definition) is 4. The van der Waals surface area contributed by atoms with Crippen molar-refractivity contribution >= 4 is 31.7 Å². The summed E-state index contributed by atoms with van der Waals surface area (Å²) in [6.07, 6.45) is 2.40. The van der Waals surface area contributed by atoms with Crippen molar-refractivity contribution in [3.8, 4) is 0 Å². The van der Waals surface area contributed by atoms with Crippen molar-refractivity contribution in [1.29, 1.82) is 0 Å². The molecule has 0 N–H and O–H groups in total. The third-order valence-electron chi connectivity index (χ3n) is 4.25. The summed E-state index contributed by atoms with van der Waals surface area (Å²) >= 11 is 3.35. The molecule has 1 aromatic heterocycles. The predicted octanol–water partition coefficient (Wildman–Crippen LogP) is 3.26. The largest absolute Gasteiger partial charge is 0.468 e. The minimum absolute atomic E-state index is 0.0515. The molecule has 1 aliphatic heterocycles. The molecule has 2 heterocycles. The first-order valence-corrected chi connectivity index (χ1v) is 10.3. The van der Waals surface area contributed by atoms with E-state index in [0.717, 1.165) is 4.47 Å². The van der Waals surface area contributed by atoms with Gasteiger partial charge < -0.3 is 9.32 Å². The summed E-state index contributed by atoms with van der Waals surface area (Å²) in [7, 11) is -3.26. The number of piperidine rings is 1. The van der Waals surface area contributed by atoms with Gasteiger partial charge in [-0.15, -0.1) is 0 Å². The zero-order chi connectivity index (χ0) is 17.2. The first kappa shape index (κ1) is 17.2. The van der Waals surface area contributed by atoms with Gasteiger partial charge in [-0.05, 0) is 49.2 Å². The second-order valence-electron chi connectivity index (χ2n) is 5.89. The third-order valence-corrected chi connectivity index (χ3v) is 6.95. The van der Waals surface area contributed by atoms with Crippen LogP contribution in [0.5, 0.6) is 0 Å². The Labute approximate surface area is 149 Å². The fourth-order valence-electron chi connectivity index (χ4n) is 2.90. The van der Waals surface area contributed by atoms with Gasteiger partial charge in [-0.3, -0.25) is 4.79 Å². The molecule has 7 heteroatoms. The first-order chi connectivity index (χ1) is 11.5. The van der Waals surface area contributed by atoms with E-state index in [1.165, 1.54) is 6.26 Å². The van der Waals surface area contributed by atoms with Crippen LogP contribution < -0.4 is 0 Å². The minimum Gasteiger partial charge on any atom is -0.468 e. The molecule has 128 valence electrons. The van der Waals surface area contributed by atoms with Crippen molar-refractivity contribution in [3.05, 3.63) is 58.5 Å². The van der Waals surface area contributed by atoms with Crippen molar-refractivity contribution in [2.24, 2.45) is 0 Å². The molecule has 3 rings (SSSR count). The van der Waals surface area contributed by atoms with Gasteiger partial charge in [-0.2, -0.15) is 0 Å². The van der Waals surface area contributed by atoms with Crippen LogP contribution in [-0.2, 0) is 15.6 Å². The first-order valence-electron chi connectivity index (χ1n) is 7.74. The second kappa shape index (κ2) is 7.11. The summed E-state index contributed by atoms with van der Waals surface area (Å²) in [6.45, 7) is 0.911. The average molecular weight is 412 g/mol. The molecule has 1 fully saturated rings. The highest BCUT2D eigenvalue weighted by Crippen LogP contribution is 2.23. The van der Waals surface area contributed by atoms with Crippen LogP contribution in [-0.4, -0.2) is 37.6 Å². The molecule has 0 saturated carbocycles. The zero-order valence-corrected chi connectivity index (χ0v) is 15.4. The van der Waals surface area contributed by atoms with Crippen molar-refractivity contribution in [2.45, 2.75) is 23.8 Å². The molecule has 0 bridgehead atoms. The van der Waals surface area contributed by atoms with E-state index in [9.17, 15) is 13.2 Å². The molecule has 0 atom stereocenters. The number of amides is 1. The number of halogens is 1. The van der Waals surface area contributed by atoms with E-state index < -0.39 is 15.1 Å². The van der Waals surface area contributed by atoms with E-state index in [2.05, 4.69) is 15.9 Å². The summed E-state index contributed by atoms with van der Waals surface area (Å²) < 4.78 is 31.0. The molecule has 1 aromatic carbocycles. The minimum atomic E-state index is -3.26. The van der Waals surface area contributed by atoms with Crippen LogP contribution in [0.1, 0.15) is 29.0 Å². The van der Waals surface area contributed by atoms with Gasteiger partial charge in [0.2, 0.25) is 0 Å². The Hall–Kier alpha value is -1.60. The van der Waals surface area contributed by atoms with E-state index in [4.69, 9.17) is 4.42 Å². The topological polar surface area (TPSA) is 67.6 Å². The maximum Gasteiger partial charge on any atom is 0.253 e. The van der Waals surface area contributed by atoms with Crippen molar-refractivity contribution in [3.63, 3.8) is 0 Å². The highest BCUT2D eigenvalue weighted by Gasteiger charge is 2.32. The number of benzene rings is 1. The molecular formula is C17H18BrNO4S. The third kappa shape index (κ3) is 3.89. The van der Waals surface area contributed by atoms with Crippen LogP contribution >= 0.6 is 15.9 Å². The van der Waals surface area contributed by atoms with Crippen LogP contribution in [0, 0.1) is 0 Å². The fraction of sp³-hybridized carbons (Fsp3) is 0.353. The van der Waals surface area contributed by atoms with Crippen LogP contribution in [0.2, 0.25) is 0 Å². The highest BCUT2D eigenvalue weighted by molar-refractivity contribution is 9.10. The standard InChI is InChI=1S/C17H18BrNO4S/c18-14-5-3-13(4-6-14)17(20)19-9-7-16(8-10-19)24(21,22)12-15-2-1-11-23-15/h1-6,11,16H,7-10,12H2. The summed E-state index contributed by atoms with van der Waals surface area (Å²) in [5.74, 6) is 0.332. The Balaban J connectivity index is 1.61. The van der Waals surface area contributed by atoms with E-state index in [-0.39, 0.29) is 11.7 Å². The number of sulfone groups is 1. The van der Waals surface area contributed by atoms with Crippen molar-refractivity contribution in [2.75, 3.05) is 13.1 Å². The maximum absolute atomic E-state index is 12.5. The average Bonchev–Trinajstić information content (AvgIpc) is 3.07. The monoisotopic (exact) mass is 411 g/mol. The number of nitrogens with zero attached hydrogens (tertiary/aromatic N) is 1. The molecule has 1 amide bonds. The van der Waals surface area contributed by atoms with E-state index in [1.54, 1.807) is 29.2 Å². The summed E-state index contributed by atoms with van der Waals surface area (Å²) in [6, 6.07) is 10.5. The molecular weight excluding hydrogens is 394 g/mol.